The summed E-state index contributed by atoms with van der Waals surface area (Å²) in [5.41, 5.74) is -0.665. The molecular weight excluding hydrogens is 396 g/mol. The summed E-state index contributed by atoms with van der Waals surface area (Å²) < 4.78 is 10.7. The van der Waals surface area contributed by atoms with Gasteiger partial charge in [-0.25, -0.2) is 0 Å². The first kappa shape index (κ1) is 25.3. The summed E-state index contributed by atoms with van der Waals surface area (Å²) in [5.74, 6) is 0.0168. The zero-order valence-electron chi connectivity index (χ0n) is 18.8. The Morgan fingerprint density at radius 1 is 0.710 bits per heavy atom. The van der Waals surface area contributed by atoms with Crippen molar-refractivity contribution >= 4 is 11.9 Å². The SMILES string of the molecule is C=COCC1CCC(CC(CC(=O)O)(CC(=O)O)CC2CCC(COC=C)CC2)CC1. The third-order valence-corrected chi connectivity index (χ3v) is 7.33. The lowest BCUT2D eigenvalue weighted by Crippen LogP contribution is -2.35. The normalized spacial score (nSPS) is 26.6. The van der Waals surface area contributed by atoms with Gasteiger partial charge in [-0.15, -0.1) is 0 Å². The van der Waals surface area contributed by atoms with Crippen LogP contribution in [0.15, 0.2) is 25.7 Å². The second kappa shape index (κ2) is 12.8. The van der Waals surface area contributed by atoms with Crippen LogP contribution < -0.4 is 0 Å². The highest BCUT2D eigenvalue weighted by Crippen LogP contribution is 2.47. The molecule has 0 amide bonds. The van der Waals surface area contributed by atoms with Crippen LogP contribution in [0.4, 0.5) is 0 Å². The molecule has 0 aromatic rings. The van der Waals surface area contributed by atoms with Gasteiger partial charge in [-0.05, 0) is 67.6 Å². The number of hydrogen-bond acceptors (Lipinski definition) is 4. The lowest BCUT2D eigenvalue weighted by Gasteiger charge is -2.41. The molecule has 0 heterocycles. The number of ether oxygens (including phenoxy) is 2. The molecule has 2 fully saturated rings. The minimum atomic E-state index is -0.887. The van der Waals surface area contributed by atoms with Crippen molar-refractivity contribution in [1.29, 1.82) is 0 Å². The van der Waals surface area contributed by atoms with Crippen molar-refractivity contribution in [3.8, 4) is 0 Å². The summed E-state index contributed by atoms with van der Waals surface area (Å²) in [6.07, 6.45) is 12.5. The Labute approximate surface area is 186 Å². The fraction of sp³-hybridized carbons (Fsp3) is 0.760. The summed E-state index contributed by atoms with van der Waals surface area (Å²) >= 11 is 0. The van der Waals surface area contributed by atoms with E-state index in [1.807, 2.05) is 0 Å². The number of rotatable bonds is 14. The Morgan fingerprint density at radius 3 is 1.32 bits per heavy atom. The van der Waals surface area contributed by atoms with Crippen molar-refractivity contribution < 1.29 is 29.3 Å². The molecule has 0 bridgehead atoms. The highest BCUT2D eigenvalue weighted by atomic mass is 16.5. The maximum Gasteiger partial charge on any atom is 0.303 e. The second-order valence-electron chi connectivity index (χ2n) is 9.82. The maximum absolute atomic E-state index is 11.8. The van der Waals surface area contributed by atoms with E-state index in [0.717, 1.165) is 51.4 Å². The van der Waals surface area contributed by atoms with Gasteiger partial charge in [-0.3, -0.25) is 9.59 Å². The lowest BCUT2D eigenvalue weighted by molar-refractivity contribution is -0.145. The molecule has 2 rings (SSSR count). The van der Waals surface area contributed by atoms with E-state index in [9.17, 15) is 19.8 Å². The predicted octanol–water partition coefficient (Wildman–Crippen LogP) is 5.64. The van der Waals surface area contributed by atoms with Crippen molar-refractivity contribution in [1.82, 2.24) is 0 Å². The Bertz CT molecular complexity index is 533. The number of hydrogen-bond donors (Lipinski definition) is 2. The van der Waals surface area contributed by atoms with Gasteiger partial charge in [0.15, 0.2) is 0 Å². The molecule has 0 atom stereocenters. The number of carbonyl (C=O) groups is 2. The molecule has 0 aromatic carbocycles. The van der Waals surface area contributed by atoms with Gasteiger partial charge in [-0.2, -0.15) is 0 Å². The lowest BCUT2D eigenvalue weighted by atomic mass is 9.64. The van der Waals surface area contributed by atoms with Crippen LogP contribution in [-0.2, 0) is 19.1 Å². The van der Waals surface area contributed by atoms with E-state index < -0.39 is 17.4 Å². The standard InChI is InChI=1S/C25H40O6/c1-3-30-17-21-9-5-19(6-10-21)13-25(15-23(26)27,16-24(28)29)14-20-7-11-22(12-8-20)18-31-4-2/h3-4,19-22H,1-2,5-18H2,(H,26,27)(H,28,29). The number of carboxylic acid groups (broad SMARTS) is 2. The topological polar surface area (TPSA) is 93.1 Å². The van der Waals surface area contributed by atoms with Gasteiger partial charge in [0.1, 0.15) is 0 Å². The molecule has 0 aromatic heterocycles. The van der Waals surface area contributed by atoms with Crippen molar-refractivity contribution in [3.05, 3.63) is 25.7 Å². The van der Waals surface area contributed by atoms with Crippen LogP contribution in [-0.4, -0.2) is 35.4 Å². The minimum absolute atomic E-state index is 0.0572. The summed E-state index contributed by atoms with van der Waals surface area (Å²) in [4.78, 5) is 23.6. The first-order valence-corrected chi connectivity index (χ1v) is 11.7. The highest BCUT2D eigenvalue weighted by molar-refractivity contribution is 5.72. The van der Waals surface area contributed by atoms with Gasteiger partial charge in [0, 0.05) is 0 Å². The molecule has 2 aliphatic carbocycles. The van der Waals surface area contributed by atoms with Gasteiger partial charge in [0.25, 0.3) is 0 Å². The van der Waals surface area contributed by atoms with E-state index in [-0.39, 0.29) is 12.8 Å². The molecule has 0 radical (unpaired) electrons. The van der Waals surface area contributed by atoms with Crippen molar-refractivity contribution in [2.24, 2.45) is 29.1 Å². The second-order valence-corrected chi connectivity index (χ2v) is 9.82. The van der Waals surface area contributed by atoms with E-state index in [2.05, 4.69) is 13.2 Å². The molecule has 0 saturated heterocycles. The molecule has 6 heteroatoms. The third kappa shape index (κ3) is 8.96. The van der Waals surface area contributed by atoms with Crippen molar-refractivity contribution in [2.45, 2.75) is 77.0 Å². The maximum atomic E-state index is 11.8. The molecule has 0 unspecified atom stereocenters. The fourth-order valence-corrected chi connectivity index (χ4v) is 5.91. The summed E-state index contributed by atoms with van der Waals surface area (Å²) in [6.45, 7) is 8.56. The van der Waals surface area contributed by atoms with Crippen molar-refractivity contribution in [3.63, 3.8) is 0 Å². The molecule has 2 aliphatic rings. The molecule has 0 aliphatic heterocycles. The Morgan fingerprint density at radius 2 is 1.03 bits per heavy atom. The molecule has 31 heavy (non-hydrogen) atoms. The van der Waals surface area contributed by atoms with Crippen LogP contribution in [0.2, 0.25) is 0 Å². The molecule has 6 nitrogen and oxygen atoms in total. The zero-order valence-corrected chi connectivity index (χ0v) is 18.8. The smallest absolute Gasteiger partial charge is 0.303 e. The first-order valence-electron chi connectivity index (χ1n) is 11.7. The van der Waals surface area contributed by atoms with E-state index >= 15 is 0 Å². The monoisotopic (exact) mass is 436 g/mol. The van der Waals surface area contributed by atoms with Crippen LogP contribution in [0.5, 0.6) is 0 Å². The van der Waals surface area contributed by atoms with Crippen LogP contribution in [0.1, 0.15) is 77.0 Å². The molecule has 0 spiro atoms. The van der Waals surface area contributed by atoms with Gasteiger partial charge in [0.2, 0.25) is 0 Å². The number of aliphatic carboxylic acids is 2. The molecule has 176 valence electrons. The van der Waals surface area contributed by atoms with Gasteiger partial charge in [0.05, 0.1) is 38.6 Å². The number of carboxylic acids is 2. The Balaban J connectivity index is 2.01. The molecule has 2 N–H and O–H groups in total. The summed E-state index contributed by atoms with van der Waals surface area (Å²) in [5, 5.41) is 19.3. The average Bonchev–Trinajstić information content (AvgIpc) is 2.71. The average molecular weight is 437 g/mol. The first-order chi connectivity index (χ1) is 14.9. The van der Waals surface area contributed by atoms with Crippen LogP contribution in [0, 0.1) is 29.1 Å². The quantitative estimate of drug-likeness (QED) is 0.343. The van der Waals surface area contributed by atoms with Crippen LogP contribution in [0.25, 0.3) is 0 Å². The molecular formula is C25H40O6. The van der Waals surface area contributed by atoms with Crippen LogP contribution in [0.3, 0.4) is 0 Å². The van der Waals surface area contributed by atoms with E-state index in [0.29, 0.717) is 49.7 Å². The highest BCUT2D eigenvalue weighted by Gasteiger charge is 2.41. The largest absolute Gasteiger partial charge is 0.502 e. The van der Waals surface area contributed by atoms with Gasteiger partial charge >= 0.3 is 11.9 Å². The van der Waals surface area contributed by atoms with Gasteiger partial charge < -0.3 is 19.7 Å². The van der Waals surface area contributed by atoms with Crippen molar-refractivity contribution in [2.75, 3.05) is 13.2 Å². The predicted molar refractivity (Wildman–Crippen MR) is 119 cm³/mol. The third-order valence-electron chi connectivity index (χ3n) is 7.33. The van der Waals surface area contributed by atoms with Crippen LogP contribution >= 0.6 is 0 Å². The summed E-state index contributed by atoms with van der Waals surface area (Å²) in [6, 6.07) is 0. The fourth-order valence-electron chi connectivity index (χ4n) is 5.91. The Kier molecular flexibility index (Phi) is 10.4. The summed E-state index contributed by atoms with van der Waals surface area (Å²) in [7, 11) is 0. The molecule has 2 saturated carbocycles. The van der Waals surface area contributed by atoms with Gasteiger partial charge in [-0.1, -0.05) is 38.8 Å². The van der Waals surface area contributed by atoms with E-state index in [1.165, 1.54) is 12.5 Å². The Hall–Kier alpha value is -1.98. The minimum Gasteiger partial charge on any atom is -0.502 e. The van der Waals surface area contributed by atoms with E-state index in [1.54, 1.807) is 0 Å². The van der Waals surface area contributed by atoms with E-state index in [4.69, 9.17) is 9.47 Å². The zero-order chi connectivity index (χ0) is 22.7.